The number of anilines is 4. The van der Waals surface area contributed by atoms with Gasteiger partial charge in [0.2, 0.25) is 11.9 Å². The zero-order valence-electron chi connectivity index (χ0n) is 23.3. The lowest BCUT2D eigenvalue weighted by molar-refractivity contribution is 0.0751. The van der Waals surface area contributed by atoms with Crippen molar-refractivity contribution in [1.82, 2.24) is 29.7 Å². The van der Waals surface area contributed by atoms with Crippen LogP contribution < -0.4 is 15.5 Å². The highest BCUT2D eigenvalue weighted by molar-refractivity contribution is 5.95. The molecule has 0 spiro atoms. The first-order valence-electron chi connectivity index (χ1n) is 13.8. The van der Waals surface area contributed by atoms with E-state index in [1.807, 2.05) is 18.9 Å². The Morgan fingerprint density at radius 3 is 2.52 bits per heavy atom. The molecule has 0 radical (unpaired) electrons. The number of aromatic nitrogens is 4. The molecule has 0 bridgehead atoms. The molecule has 0 aliphatic carbocycles. The average molecular weight is 550 g/mol. The van der Waals surface area contributed by atoms with Gasteiger partial charge in [0.1, 0.15) is 11.6 Å². The van der Waals surface area contributed by atoms with Crippen LogP contribution >= 0.6 is 0 Å². The van der Waals surface area contributed by atoms with E-state index in [4.69, 9.17) is 20.4 Å². The third-order valence-electron chi connectivity index (χ3n) is 7.50. The Morgan fingerprint density at radius 2 is 1.82 bits per heavy atom. The van der Waals surface area contributed by atoms with Crippen molar-refractivity contribution in [2.75, 3.05) is 81.6 Å². The number of nitrogens with zero attached hydrogens (tertiary/aromatic N) is 8. The Labute approximate surface area is 233 Å². The first-order chi connectivity index (χ1) is 19.4. The standard InChI is InChI=1S/C28H36FN9O2/c1-4-35(3)10-11-36(5-2)26(39)19-6-7-22(29)23(16-19)38-9-8-21-24(20-17-31-27(30)32-18-20)33-28(34-25(21)38)37-12-14-40-15-13-37/h6-7,16-18H,4-5,8-15H2,1-3H3,(H2,30,31,32). The highest BCUT2D eigenvalue weighted by Gasteiger charge is 2.31. The lowest BCUT2D eigenvalue weighted by Crippen LogP contribution is -2.37. The van der Waals surface area contributed by atoms with Gasteiger partial charge in [-0.25, -0.2) is 19.3 Å². The van der Waals surface area contributed by atoms with E-state index in [2.05, 4.69) is 26.7 Å². The minimum Gasteiger partial charge on any atom is -0.378 e. The summed E-state index contributed by atoms with van der Waals surface area (Å²) in [5.41, 5.74) is 8.77. The summed E-state index contributed by atoms with van der Waals surface area (Å²) in [7, 11) is 2.02. The molecule has 11 nitrogen and oxygen atoms in total. The number of carbonyl (C=O) groups excluding carboxylic acids is 1. The molecule has 5 rings (SSSR count). The molecule has 1 fully saturated rings. The van der Waals surface area contributed by atoms with Crippen LogP contribution in [0.1, 0.15) is 29.8 Å². The van der Waals surface area contributed by atoms with Crippen molar-refractivity contribution in [3.8, 4) is 11.3 Å². The van der Waals surface area contributed by atoms with E-state index < -0.39 is 5.82 Å². The minimum absolute atomic E-state index is 0.121. The number of fused-ring (bicyclic) bond motifs is 1. The zero-order chi connectivity index (χ0) is 28.2. The van der Waals surface area contributed by atoms with E-state index in [-0.39, 0.29) is 11.9 Å². The number of amides is 1. The van der Waals surface area contributed by atoms with Crippen LogP contribution in [0.3, 0.4) is 0 Å². The maximum Gasteiger partial charge on any atom is 0.253 e. The number of ether oxygens (including phenoxy) is 1. The number of likely N-dealkylation sites (N-methyl/N-ethyl adjacent to an activating group) is 2. The van der Waals surface area contributed by atoms with Gasteiger partial charge in [0.25, 0.3) is 5.91 Å². The lowest BCUT2D eigenvalue weighted by Gasteiger charge is -2.28. The molecule has 212 valence electrons. The molecule has 2 N–H and O–H groups in total. The molecule has 3 aromatic rings. The smallest absolute Gasteiger partial charge is 0.253 e. The van der Waals surface area contributed by atoms with E-state index in [1.54, 1.807) is 29.4 Å². The maximum absolute atomic E-state index is 15.4. The number of nitrogen functional groups attached to an aromatic ring is 1. The highest BCUT2D eigenvalue weighted by Crippen LogP contribution is 2.40. The molecular weight excluding hydrogens is 513 g/mol. The number of rotatable bonds is 9. The predicted octanol–water partition coefficient (Wildman–Crippen LogP) is 2.60. The molecule has 0 unspecified atom stereocenters. The summed E-state index contributed by atoms with van der Waals surface area (Å²) in [4.78, 5) is 39.4. The van der Waals surface area contributed by atoms with Crippen LogP contribution in [-0.2, 0) is 11.2 Å². The van der Waals surface area contributed by atoms with Gasteiger partial charge in [-0.3, -0.25) is 4.79 Å². The van der Waals surface area contributed by atoms with Crippen molar-refractivity contribution in [3.63, 3.8) is 0 Å². The molecule has 1 amide bonds. The van der Waals surface area contributed by atoms with Crippen LogP contribution in [0, 0.1) is 5.82 Å². The van der Waals surface area contributed by atoms with Crippen molar-refractivity contribution < 1.29 is 13.9 Å². The molecule has 0 atom stereocenters. The predicted molar refractivity (Wildman–Crippen MR) is 152 cm³/mol. The van der Waals surface area contributed by atoms with Crippen LogP contribution in [0.25, 0.3) is 11.3 Å². The van der Waals surface area contributed by atoms with E-state index in [0.717, 1.165) is 18.7 Å². The number of morpholine rings is 1. The Hall–Kier alpha value is -3.90. The van der Waals surface area contributed by atoms with Crippen molar-refractivity contribution in [2.24, 2.45) is 0 Å². The van der Waals surface area contributed by atoms with Crippen LogP contribution in [-0.4, -0.2) is 102 Å². The van der Waals surface area contributed by atoms with Crippen molar-refractivity contribution in [2.45, 2.75) is 20.3 Å². The Balaban J connectivity index is 1.52. The van der Waals surface area contributed by atoms with Crippen molar-refractivity contribution in [1.29, 1.82) is 0 Å². The van der Waals surface area contributed by atoms with Gasteiger partial charge in [-0.15, -0.1) is 0 Å². The monoisotopic (exact) mass is 549 g/mol. The molecule has 1 saturated heterocycles. The molecule has 2 aliphatic rings. The summed E-state index contributed by atoms with van der Waals surface area (Å²) in [6.07, 6.45) is 3.89. The molecule has 2 aliphatic heterocycles. The van der Waals surface area contributed by atoms with Crippen molar-refractivity contribution >= 4 is 29.3 Å². The van der Waals surface area contributed by atoms with Gasteiger partial charge >= 0.3 is 0 Å². The van der Waals surface area contributed by atoms with Crippen LogP contribution in [0.2, 0.25) is 0 Å². The number of carbonyl (C=O) groups is 1. The molecule has 4 heterocycles. The zero-order valence-corrected chi connectivity index (χ0v) is 23.3. The maximum atomic E-state index is 15.4. The SMILES string of the molecule is CCN(C)CCN(CC)C(=O)c1ccc(F)c(N2CCc3c(-c4cnc(N)nc4)nc(N4CCOCC4)nc32)c1. The van der Waals surface area contributed by atoms with Gasteiger partial charge in [-0.05, 0) is 45.1 Å². The summed E-state index contributed by atoms with van der Waals surface area (Å²) in [6.45, 7) is 9.81. The summed E-state index contributed by atoms with van der Waals surface area (Å²) in [5.74, 6) is 0.788. The Kier molecular flexibility index (Phi) is 8.36. The van der Waals surface area contributed by atoms with Gasteiger partial charge in [0.15, 0.2) is 0 Å². The van der Waals surface area contributed by atoms with Crippen LogP contribution in [0.15, 0.2) is 30.6 Å². The molecule has 12 heteroatoms. The Morgan fingerprint density at radius 1 is 1.07 bits per heavy atom. The summed E-state index contributed by atoms with van der Waals surface area (Å²) < 4.78 is 20.9. The topological polar surface area (TPSA) is 117 Å². The van der Waals surface area contributed by atoms with Gasteiger partial charge in [0.05, 0.1) is 24.6 Å². The highest BCUT2D eigenvalue weighted by atomic mass is 19.1. The lowest BCUT2D eigenvalue weighted by atomic mass is 10.1. The van der Waals surface area contributed by atoms with E-state index in [9.17, 15) is 4.79 Å². The van der Waals surface area contributed by atoms with Crippen LogP contribution in [0.4, 0.5) is 27.8 Å². The summed E-state index contributed by atoms with van der Waals surface area (Å²) in [6, 6.07) is 4.56. The Bertz CT molecular complexity index is 1350. The second kappa shape index (κ2) is 12.1. The fraction of sp³-hybridized carbons (Fsp3) is 0.464. The van der Waals surface area contributed by atoms with Crippen LogP contribution in [0.5, 0.6) is 0 Å². The van der Waals surface area contributed by atoms with E-state index in [0.29, 0.717) is 86.6 Å². The van der Waals surface area contributed by atoms with E-state index in [1.165, 1.54) is 6.07 Å². The number of halogens is 1. The van der Waals surface area contributed by atoms with Gasteiger partial charge in [0, 0.05) is 68.4 Å². The molecule has 1 aromatic carbocycles. The number of hydrogen-bond donors (Lipinski definition) is 1. The molecule has 40 heavy (non-hydrogen) atoms. The van der Waals surface area contributed by atoms with Gasteiger partial charge < -0.3 is 30.1 Å². The average Bonchev–Trinajstić information content (AvgIpc) is 3.41. The third kappa shape index (κ3) is 5.68. The minimum atomic E-state index is -0.415. The fourth-order valence-electron chi connectivity index (χ4n) is 4.97. The number of benzene rings is 1. The number of hydrogen-bond acceptors (Lipinski definition) is 10. The van der Waals surface area contributed by atoms with E-state index >= 15 is 4.39 Å². The first-order valence-corrected chi connectivity index (χ1v) is 13.8. The second-order valence-corrected chi connectivity index (χ2v) is 9.95. The summed E-state index contributed by atoms with van der Waals surface area (Å²) in [5, 5.41) is 0. The normalized spacial score (nSPS) is 15.0. The second-order valence-electron chi connectivity index (χ2n) is 9.95. The third-order valence-corrected chi connectivity index (χ3v) is 7.50. The molecule has 0 saturated carbocycles. The quantitative estimate of drug-likeness (QED) is 0.427. The van der Waals surface area contributed by atoms with Crippen molar-refractivity contribution in [3.05, 3.63) is 47.5 Å². The fourth-order valence-corrected chi connectivity index (χ4v) is 4.97. The number of nitrogens with two attached hydrogens (primary N) is 1. The molecule has 2 aromatic heterocycles. The summed E-state index contributed by atoms with van der Waals surface area (Å²) >= 11 is 0. The van der Waals surface area contributed by atoms with Gasteiger partial charge in [-0.2, -0.15) is 4.98 Å². The largest absolute Gasteiger partial charge is 0.378 e. The molecular formula is C28H36FN9O2. The van der Waals surface area contributed by atoms with Gasteiger partial charge in [-0.1, -0.05) is 6.92 Å². The first kappa shape index (κ1) is 27.7.